The Morgan fingerprint density at radius 1 is 0.726 bits per heavy atom. The highest BCUT2D eigenvalue weighted by Crippen LogP contribution is 2.56. The standard InChI is InChI=1S/C57H43N3OS/c1-36-33-42-19-14-32-57(42,35-38-15-5-3-6-16-38)37(2)44-20-9-11-23-48(44)60(36)43-30-31-49-47(34-43)52-46(22-13-24-50(52)61-49)56-58-53(55-54(59-56)45-21-10-12-25-51(45)62-55)41-28-26-40(27-29-41)39-17-7-4-8-18-39/h3-31,33-34,37,56,59H,1,32,35H2,2H3/b42-33-/t37-,56?,57?/m0/s1. The molecule has 2 aliphatic heterocycles. The van der Waals surface area contributed by atoms with Crippen LogP contribution in [-0.4, -0.2) is 5.71 Å². The topological polar surface area (TPSA) is 40.8 Å². The fourth-order valence-corrected chi connectivity index (χ4v) is 11.6. The number of para-hydroxylation sites is 1. The van der Waals surface area contributed by atoms with Gasteiger partial charge in [-0.05, 0) is 89.1 Å². The number of hydrogen-bond acceptors (Lipinski definition) is 5. The summed E-state index contributed by atoms with van der Waals surface area (Å²) >= 11 is 1.80. The van der Waals surface area contributed by atoms with Crippen molar-refractivity contribution in [2.75, 3.05) is 10.2 Å². The summed E-state index contributed by atoms with van der Waals surface area (Å²) < 4.78 is 7.90. The summed E-state index contributed by atoms with van der Waals surface area (Å²) in [6, 6.07) is 60.9. The van der Waals surface area contributed by atoms with E-state index in [1.54, 1.807) is 11.3 Å². The van der Waals surface area contributed by atoms with E-state index in [2.05, 4.69) is 205 Å². The molecule has 9 aromatic rings. The van der Waals surface area contributed by atoms with E-state index < -0.39 is 0 Å². The molecule has 0 amide bonds. The van der Waals surface area contributed by atoms with Gasteiger partial charge in [0.1, 0.15) is 17.3 Å². The molecule has 2 unspecified atom stereocenters. The van der Waals surface area contributed by atoms with Gasteiger partial charge >= 0.3 is 0 Å². The molecule has 1 aliphatic carbocycles. The molecule has 0 spiro atoms. The van der Waals surface area contributed by atoms with E-state index in [0.29, 0.717) is 0 Å². The molecule has 1 N–H and O–H groups in total. The molecule has 298 valence electrons. The minimum atomic E-state index is -0.354. The number of aliphatic imine (C=N–C) groups is 1. The second kappa shape index (κ2) is 14.5. The lowest BCUT2D eigenvalue weighted by Gasteiger charge is -2.42. The molecule has 7 aromatic carbocycles. The summed E-state index contributed by atoms with van der Waals surface area (Å²) in [5, 5.41) is 7.24. The zero-order valence-electron chi connectivity index (χ0n) is 34.4. The maximum Gasteiger partial charge on any atom is 0.146 e. The van der Waals surface area contributed by atoms with E-state index in [9.17, 15) is 0 Å². The van der Waals surface area contributed by atoms with Crippen molar-refractivity contribution in [3.63, 3.8) is 0 Å². The van der Waals surface area contributed by atoms with Crippen LogP contribution in [0.5, 0.6) is 0 Å². The molecule has 0 saturated heterocycles. The number of nitrogens with zero attached hydrogens (tertiary/aromatic N) is 2. The summed E-state index contributed by atoms with van der Waals surface area (Å²) in [5.41, 5.74) is 15.4. The van der Waals surface area contributed by atoms with Gasteiger partial charge in [0.05, 0.1) is 16.3 Å². The number of rotatable bonds is 6. The molecule has 3 aliphatic rings. The fourth-order valence-electron chi connectivity index (χ4n) is 10.4. The van der Waals surface area contributed by atoms with E-state index in [0.717, 1.165) is 79.3 Å². The van der Waals surface area contributed by atoms with Crippen LogP contribution in [0.25, 0.3) is 43.2 Å². The van der Waals surface area contributed by atoms with Crippen molar-refractivity contribution < 1.29 is 4.42 Å². The predicted octanol–water partition coefficient (Wildman–Crippen LogP) is 15.3. The summed E-state index contributed by atoms with van der Waals surface area (Å²) in [6.07, 6.45) is 8.63. The van der Waals surface area contributed by atoms with Gasteiger partial charge in [0.25, 0.3) is 0 Å². The van der Waals surface area contributed by atoms with Crippen LogP contribution in [0, 0.1) is 5.41 Å². The van der Waals surface area contributed by atoms with Gasteiger partial charge < -0.3 is 14.6 Å². The molecular weight excluding hydrogens is 775 g/mol. The quantitative estimate of drug-likeness (QED) is 0.182. The van der Waals surface area contributed by atoms with Gasteiger partial charge in [0.15, 0.2) is 0 Å². The monoisotopic (exact) mass is 817 g/mol. The van der Waals surface area contributed by atoms with Gasteiger partial charge in [0, 0.05) is 54.5 Å². The molecule has 2 aromatic heterocycles. The summed E-state index contributed by atoms with van der Waals surface area (Å²) in [7, 11) is 0. The molecule has 3 atom stereocenters. The van der Waals surface area contributed by atoms with Crippen molar-refractivity contribution in [3.05, 3.63) is 233 Å². The third-order valence-electron chi connectivity index (χ3n) is 13.5. The smallest absolute Gasteiger partial charge is 0.146 e. The first-order valence-corrected chi connectivity index (χ1v) is 22.3. The first-order valence-electron chi connectivity index (χ1n) is 21.5. The number of benzene rings is 7. The van der Waals surface area contributed by atoms with Crippen LogP contribution >= 0.6 is 11.3 Å². The average Bonchev–Trinajstić information content (AvgIpc) is 4.02. The Labute approximate surface area is 365 Å². The van der Waals surface area contributed by atoms with Crippen molar-refractivity contribution >= 4 is 66.1 Å². The first kappa shape index (κ1) is 36.6. The van der Waals surface area contributed by atoms with Crippen molar-refractivity contribution in [1.82, 2.24) is 0 Å². The molecule has 4 heterocycles. The van der Waals surface area contributed by atoms with Gasteiger partial charge in [-0.1, -0.05) is 159 Å². The van der Waals surface area contributed by atoms with E-state index in [1.165, 1.54) is 37.9 Å². The van der Waals surface area contributed by atoms with E-state index in [-0.39, 0.29) is 17.5 Å². The van der Waals surface area contributed by atoms with Crippen molar-refractivity contribution in [3.8, 4) is 11.1 Å². The van der Waals surface area contributed by atoms with E-state index >= 15 is 0 Å². The maximum absolute atomic E-state index is 6.67. The summed E-state index contributed by atoms with van der Waals surface area (Å²) in [5.74, 6) is 0.248. The number of allylic oxidation sites excluding steroid dienone is 4. The van der Waals surface area contributed by atoms with Gasteiger partial charge in [-0.15, -0.1) is 11.3 Å². The van der Waals surface area contributed by atoms with Gasteiger partial charge in [-0.3, -0.25) is 4.99 Å². The molecule has 4 nitrogen and oxygen atoms in total. The average molecular weight is 818 g/mol. The van der Waals surface area contributed by atoms with Gasteiger partial charge in [0.2, 0.25) is 0 Å². The highest BCUT2D eigenvalue weighted by atomic mass is 32.1. The van der Waals surface area contributed by atoms with Gasteiger partial charge in [-0.25, -0.2) is 0 Å². The largest absolute Gasteiger partial charge is 0.456 e. The Kier molecular flexibility index (Phi) is 8.55. The maximum atomic E-state index is 6.67. The van der Waals surface area contributed by atoms with Crippen LogP contribution in [0.1, 0.15) is 52.6 Å². The summed E-state index contributed by atoms with van der Waals surface area (Å²) in [6.45, 7) is 7.20. The molecule has 0 bridgehead atoms. The third kappa shape index (κ3) is 5.83. The van der Waals surface area contributed by atoms with Crippen LogP contribution in [0.3, 0.4) is 0 Å². The molecule has 0 saturated carbocycles. The van der Waals surface area contributed by atoms with Gasteiger partial charge in [-0.2, -0.15) is 0 Å². The number of furan rings is 1. The SMILES string of the molecule is C=C1/C=C2/C=CCC2(Cc2ccccc2)[C@@H](C)c2ccccc2N1c1ccc2oc3cccc(C4N=C(c5ccc(-c6ccccc6)cc5)c5sc6ccccc6c5N4)c3c2c1. The lowest BCUT2D eigenvalue weighted by molar-refractivity contribution is 0.311. The predicted molar refractivity (Wildman–Crippen MR) is 260 cm³/mol. The fraction of sp³-hybridized carbons (Fsp3) is 0.105. The third-order valence-corrected chi connectivity index (χ3v) is 14.7. The van der Waals surface area contributed by atoms with Crippen LogP contribution in [0.2, 0.25) is 0 Å². The van der Waals surface area contributed by atoms with Crippen LogP contribution < -0.4 is 10.2 Å². The highest BCUT2D eigenvalue weighted by Gasteiger charge is 2.44. The lowest BCUT2D eigenvalue weighted by atomic mass is 9.64. The minimum Gasteiger partial charge on any atom is -0.456 e. The Morgan fingerprint density at radius 3 is 2.31 bits per heavy atom. The number of thiophene rings is 1. The number of nitrogens with one attached hydrogen (secondary N) is 1. The van der Waals surface area contributed by atoms with Crippen LogP contribution in [0.4, 0.5) is 17.1 Å². The summed E-state index contributed by atoms with van der Waals surface area (Å²) in [4.78, 5) is 9.09. The highest BCUT2D eigenvalue weighted by molar-refractivity contribution is 7.22. The number of fused-ring (bicyclic) bond motifs is 8. The van der Waals surface area contributed by atoms with Crippen molar-refractivity contribution in [2.24, 2.45) is 10.4 Å². The zero-order valence-corrected chi connectivity index (χ0v) is 35.2. The Bertz CT molecular complexity index is 3320. The normalized spacial score (nSPS) is 20.2. The van der Waals surface area contributed by atoms with Crippen LogP contribution in [-0.2, 0) is 6.42 Å². The number of anilines is 3. The second-order valence-electron chi connectivity index (χ2n) is 16.9. The van der Waals surface area contributed by atoms with Crippen molar-refractivity contribution in [2.45, 2.75) is 31.8 Å². The molecule has 0 radical (unpaired) electrons. The second-order valence-corrected chi connectivity index (χ2v) is 18.0. The zero-order chi connectivity index (χ0) is 41.4. The van der Waals surface area contributed by atoms with Crippen LogP contribution in [0.15, 0.2) is 215 Å². The Balaban J connectivity index is 0.991. The first-order chi connectivity index (χ1) is 30.5. The van der Waals surface area contributed by atoms with Crippen molar-refractivity contribution in [1.29, 1.82) is 0 Å². The molecular formula is C57H43N3OS. The van der Waals surface area contributed by atoms with E-state index in [4.69, 9.17) is 16.0 Å². The number of hydrogen-bond donors (Lipinski definition) is 1. The molecule has 0 fully saturated rings. The Morgan fingerprint density at radius 2 is 1.45 bits per heavy atom. The Hall–Kier alpha value is -7.21. The molecule has 5 heteroatoms. The van der Waals surface area contributed by atoms with E-state index in [1.807, 2.05) is 0 Å². The lowest BCUT2D eigenvalue weighted by Crippen LogP contribution is -2.32. The molecule has 12 rings (SSSR count). The minimum absolute atomic E-state index is 0.0734. The molecule has 62 heavy (non-hydrogen) atoms.